The molecule has 0 aliphatic heterocycles. The average molecular weight is 434 g/mol. The minimum absolute atomic E-state index is 0.0206. The van der Waals surface area contributed by atoms with Gasteiger partial charge in [-0.1, -0.05) is 17.8 Å². The highest BCUT2D eigenvalue weighted by atomic mass is 32.2. The van der Waals surface area contributed by atoms with Crippen LogP contribution in [0.25, 0.3) is 0 Å². The van der Waals surface area contributed by atoms with Gasteiger partial charge in [0.15, 0.2) is 11.6 Å². The van der Waals surface area contributed by atoms with Crippen LogP contribution in [0.1, 0.15) is 22.6 Å². The van der Waals surface area contributed by atoms with E-state index >= 15 is 0 Å². The van der Waals surface area contributed by atoms with Gasteiger partial charge in [-0.25, -0.2) is 13.6 Å². The number of amides is 1. The molecule has 0 saturated heterocycles. The van der Waals surface area contributed by atoms with Crippen molar-refractivity contribution in [3.63, 3.8) is 0 Å². The van der Waals surface area contributed by atoms with Crippen molar-refractivity contribution in [1.82, 2.24) is 9.55 Å². The Morgan fingerprint density at radius 3 is 2.86 bits per heavy atom. The Morgan fingerprint density at radius 1 is 1.24 bits per heavy atom. The molecule has 1 amide bonds. The summed E-state index contributed by atoms with van der Waals surface area (Å²) >= 11 is 2.79. The third-order valence-electron chi connectivity index (χ3n) is 4.64. The third kappa shape index (κ3) is 4.40. The highest BCUT2D eigenvalue weighted by Gasteiger charge is 2.22. The van der Waals surface area contributed by atoms with Crippen LogP contribution in [-0.4, -0.2) is 21.2 Å². The Morgan fingerprint density at radius 2 is 2.10 bits per heavy atom. The van der Waals surface area contributed by atoms with Gasteiger partial charge < -0.3 is 5.32 Å². The number of aromatic nitrogens is 2. The number of thiophene rings is 1. The lowest BCUT2D eigenvalue weighted by Crippen LogP contribution is -2.27. The largest absolute Gasteiger partial charge is 0.349 e. The number of rotatable bonds is 6. The van der Waals surface area contributed by atoms with Crippen LogP contribution in [0.4, 0.5) is 14.5 Å². The van der Waals surface area contributed by atoms with Gasteiger partial charge in [0.1, 0.15) is 5.03 Å². The maximum atomic E-state index is 13.3. The molecule has 9 heteroatoms. The summed E-state index contributed by atoms with van der Waals surface area (Å²) in [5, 5.41) is 5.08. The summed E-state index contributed by atoms with van der Waals surface area (Å²) in [4.78, 5) is 30.1. The molecule has 5 nitrogen and oxygen atoms in total. The first kappa shape index (κ1) is 19.8. The van der Waals surface area contributed by atoms with E-state index in [0.29, 0.717) is 11.6 Å². The molecule has 2 aromatic heterocycles. The predicted molar refractivity (Wildman–Crippen MR) is 110 cm³/mol. The van der Waals surface area contributed by atoms with Crippen LogP contribution in [0.5, 0.6) is 0 Å². The number of nitrogens with one attached hydrogen (secondary N) is 1. The first-order valence-electron chi connectivity index (χ1n) is 9.04. The number of thioether (sulfide) groups is 1. The molecule has 0 saturated carbocycles. The molecule has 29 heavy (non-hydrogen) atoms. The van der Waals surface area contributed by atoms with Crippen LogP contribution in [0.3, 0.4) is 0 Å². The van der Waals surface area contributed by atoms with E-state index in [-0.39, 0.29) is 23.0 Å². The summed E-state index contributed by atoms with van der Waals surface area (Å²) in [6.07, 6.45) is 2.58. The van der Waals surface area contributed by atoms with E-state index in [1.807, 2.05) is 17.5 Å². The zero-order valence-electron chi connectivity index (χ0n) is 15.3. The van der Waals surface area contributed by atoms with Crippen molar-refractivity contribution < 1.29 is 13.6 Å². The fraction of sp³-hybridized carbons (Fsp3) is 0.250. The van der Waals surface area contributed by atoms with Crippen LogP contribution < -0.4 is 11.0 Å². The second-order valence-electron chi connectivity index (χ2n) is 6.61. The van der Waals surface area contributed by atoms with E-state index in [9.17, 15) is 18.4 Å². The molecule has 2 heterocycles. The van der Waals surface area contributed by atoms with Crippen molar-refractivity contribution in [3.8, 4) is 0 Å². The van der Waals surface area contributed by atoms with Crippen molar-refractivity contribution in [2.45, 2.75) is 30.8 Å². The molecule has 0 spiro atoms. The van der Waals surface area contributed by atoms with E-state index in [1.54, 1.807) is 15.9 Å². The van der Waals surface area contributed by atoms with Crippen LogP contribution in [0.2, 0.25) is 0 Å². The molecule has 3 aromatic rings. The van der Waals surface area contributed by atoms with Crippen molar-refractivity contribution in [2.75, 3.05) is 11.1 Å². The smallest absolute Gasteiger partial charge is 0.325 e. The molecule has 0 bridgehead atoms. The fourth-order valence-corrected chi connectivity index (χ4v) is 4.90. The van der Waals surface area contributed by atoms with Gasteiger partial charge in [0.2, 0.25) is 5.91 Å². The number of fused-ring (bicyclic) bond motifs is 1. The Kier molecular flexibility index (Phi) is 5.77. The number of halogens is 2. The SMILES string of the molecule is O=C(CSc1nc(=O)n(Cc2cccs2)c2c1CCC2)Nc1ccc(F)c(F)c1. The lowest BCUT2D eigenvalue weighted by atomic mass is 10.2. The summed E-state index contributed by atoms with van der Waals surface area (Å²) in [5.74, 6) is -2.35. The topological polar surface area (TPSA) is 64.0 Å². The molecule has 1 aliphatic carbocycles. The second kappa shape index (κ2) is 8.46. The Bertz CT molecular complexity index is 1110. The Hall–Kier alpha value is -2.52. The number of hydrogen-bond donors (Lipinski definition) is 1. The summed E-state index contributed by atoms with van der Waals surface area (Å²) in [6.45, 7) is 0.507. The van der Waals surface area contributed by atoms with Crippen molar-refractivity contribution in [2.24, 2.45) is 0 Å². The number of carbonyl (C=O) groups excluding carboxylic acids is 1. The minimum atomic E-state index is -1.02. The normalized spacial score (nSPS) is 12.8. The average Bonchev–Trinajstić information content (AvgIpc) is 3.37. The number of carbonyl (C=O) groups is 1. The molecule has 150 valence electrons. The number of hydrogen-bond acceptors (Lipinski definition) is 5. The van der Waals surface area contributed by atoms with Gasteiger partial charge in [-0.15, -0.1) is 11.3 Å². The van der Waals surface area contributed by atoms with E-state index in [0.717, 1.165) is 47.5 Å². The van der Waals surface area contributed by atoms with Gasteiger partial charge in [0.25, 0.3) is 0 Å². The summed E-state index contributed by atoms with van der Waals surface area (Å²) in [6, 6.07) is 7.13. The van der Waals surface area contributed by atoms with Gasteiger partial charge >= 0.3 is 5.69 Å². The molecule has 0 unspecified atom stereocenters. The Labute approximate surface area is 173 Å². The minimum Gasteiger partial charge on any atom is -0.325 e. The van der Waals surface area contributed by atoms with Crippen LogP contribution in [0, 0.1) is 11.6 Å². The molecule has 1 aromatic carbocycles. The quantitative estimate of drug-likeness (QED) is 0.474. The van der Waals surface area contributed by atoms with Crippen molar-refractivity contribution in [1.29, 1.82) is 0 Å². The molecule has 1 aliphatic rings. The highest BCUT2D eigenvalue weighted by Crippen LogP contribution is 2.30. The van der Waals surface area contributed by atoms with Gasteiger partial charge in [-0.05, 0) is 42.8 Å². The van der Waals surface area contributed by atoms with Gasteiger partial charge in [0, 0.05) is 27.9 Å². The zero-order valence-corrected chi connectivity index (χ0v) is 16.9. The zero-order chi connectivity index (χ0) is 20.4. The van der Waals surface area contributed by atoms with Crippen LogP contribution in [-0.2, 0) is 24.2 Å². The molecule has 1 N–H and O–H groups in total. The number of nitrogens with zero attached hydrogens (tertiary/aromatic N) is 2. The first-order valence-corrected chi connectivity index (χ1v) is 10.9. The standard InChI is InChI=1S/C20H17F2N3O2S2/c21-15-7-6-12(9-16(15)22)23-18(26)11-29-19-14-4-1-5-17(14)25(20(27)24-19)10-13-3-2-8-28-13/h2-3,6-9H,1,4-5,10-11H2,(H,23,26). The second-order valence-corrected chi connectivity index (χ2v) is 8.61. The lowest BCUT2D eigenvalue weighted by molar-refractivity contribution is -0.113. The van der Waals surface area contributed by atoms with Crippen LogP contribution in [0.15, 0.2) is 45.5 Å². The van der Waals surface area contributed by atoms with E-state index in [4.69, 9.17) is 0 Å². The molecule has 0 atom stereocenters. The van der Waals surface area contributed by atoms with Gasteiger partial charge in [0.05, 0.1) is 12.3 Å². The predicted octanol–water partition coefficient (Wildman–Crippen LogP) is 3.85. The summed E-state index contributed by atoms with van der Waals surface area (Å²) in [7, 11) is 0. The number of benzene rings is 1. The molecular weight excluding hydrogens is 416 g/mol. The van der Waals surface area contributed by atoms with Gasteiger partial charge in [-0.2, -0.15) is 4.98 Å². The summed E-state index contributed by atoms with van der Waals surface area (Å²) < 4.78 is 28.0. The third-order valence-corrected chi connectivity index (χ3v) is 6.52. The highest BCUT2D eigenvalue weighted by molar-refractivity contribution is 8.00. The maximum absolute atomic E-state index is 13.3. The van der Waals surface area contributed by atoms with Crippen molar-refractivity contribution in [3.05, 3.63) is 74.0 Å². The maximum Gasteiger partial charge on any atom is 0.349 e. The first-order chi connectivity index (χ1) is 14.0. The number of anilines is 1. The molecule has 4 rings (SSSR count). The molecular formula is C20H17F2N3O2S2. The van der Waals surface area contributed by atoms with Crippen molar-refractivity contribution >= 4 is 34.7 Å². The lowest BCUT2D eigenvalue weighted by Gasteiger charge is -2.13. The van der Waals surface area contributed by atoms with E-state index in [1.165, 1.54) is 17.8 Å². The Balaban J connectivity index is 1.48. The summed E-state index contributed by atoms with van der Waals surface area (Å²) in [5.41, 5.74) is 1.87. The monoisotopic (exact) mass is 433 g/mol. The van der Waals surface area contributed by atoms with Gasteiger partial charge in [-0.3, -0.25) is 9.36 Å². The molecule has 0 radical (unpaired) electrons. The van der Waals surface area contributed by atoms with E-state index in [2.05, 4.69) is 10.3 Å². The van der Waals surface area contributed by atoms with E-state index < -0.39 is 11.6 Å². The van der Waals surface area contributed by atoms with Crippen LogP contribution >= 0.6 is 23.1 Å². The fourth-order valence-electron chi connectivity index (χ4n) is 3.33. The molecule has 0 fully saturated rings.